The predicted octanol–water partition coefficient (Wildman–Crippen LogP) is -0.847. The predicted molar refractivity (Wildman–Crippen MR) is 52.1 cm³/mol. The minimum absolute atomic E-state index is 0.0735. The SMILES string of the molecule is Nc1n[nH]c(C(=O)NCC2CCOC2)n1. The normalized spacial score (nSPS) is 20.4. The lowest BCUT2D eigenvalue weighted by molar-refractivity contribution is 0.0935. The van der Waals surface area contributed by atoms with Crippen molar-refractivity contribution in [2.45, 2.75) is 6.42 Å². The molecule has 1 fully saturated rings. The van der Waals surface area contributed by atoms with E-state index in [0.29, 0.717) is 19.1 Å². The van der Waals surface area contributed by atoms with Crippen molar-refractivity contribution >= 4 is 11.9 Å². The molecular formula is C8H13N5O2. The maximum atomic E-state index is 11.5. The van der Waals surface area contributed by atoms with Crippen molar-refractivity contribution in [3.05, 3.63) is 5.82 Å². The molecule has 7 heteroatoms. The highest BCUT2D eigenvalue weighted by Crippen LogP contribution is 2.10. The number of H-pyrrole nitrogens is 1. The number of anilines is 1. The van der Waals surface area contributed by atoms with Crippen molar-refractivity contribution < 1.29 is 9.53 Å². The van der Waals surface area contributed by atoms with Crippen molar-refractivity contribution in [1.82, 2.24) is 20.5 Å². The largest absolute Gasteiger partial charge is 0.381 e. The summed E-state index contributed by atoms with van der Waals surface area (Å²) in [7, 11) is 0. The van der Waals surface area contributed by atoms with Crippen molar-refractivity contribution in [3.8, 4) is 0 Å². The zero-order valence-corrected chi connectivity index (χ0v) is 8.19. The number of nitrogens with zero attached hydrogens (tertiary/aromatic N) is 2. The zero-order valence-electron chi connectivity index (χ0n) is 8.19. The van der Waals surface area contributed by atoms with Crippen molar-refractivity contribution in [2.75, 3.05) is 25.5 Å². The van der Waals surface area contributed by atoms with E-state index in [1.165, 1.54) is 0 Å². The number of hydrogen-bond acceptors (Lipinski definition) is 5. The van der Waals surface area contributed by atoms with Gasteiger partial charge in [0.05, 0.1) is 6.61 Å². The Morgan fingerprint density at radius 1 is 1.73 bits per heavy atom. The minimum Gasteiger partial charge on any atom is -0.381 e. The number of nitrogen functional groups attached to an aromatic ring is 1. The molecule has 82 valence electrons. The third-order valence-corrected chi connectivity index (χ3v) is 2.29. The van der Waals surface area contributed by atoms with Crippen LogP contribution in [0.2, 0.25) is 0 Å². The summed E-state index contributed by atoms with van der Waals surface area (Å²) in [6.07, 6.45) is 0.985. The molecule has 2 rings (SSSR count). The third-order valence-electron chi connectivity index (χ3n) is 2.29. The maximum Gasteiger partial charge on any atom is 0.288 e. The highest BCUT2D eigenvalue weighted by molar-refractivity contribution is 5.90. The summed E-state index contributed by atoms with van der Waals surface area (Å²) < 4.78 is 5.19. The fourth-order valence-corrected chi connectivity index (χ4v) is 1.44. The second-order valence-electron chi connectivity index (χ2n) is 3.48. The van der Waals surface area contributed by atoms with Crippen molar-refractivity contribution in [2.24, 2.45) is 5.92 Å². The Bertz CT molecular complexity index is 345. The molecule has 1 aliphatic rings. The molecule has 1 atom stereocenters. The summed E-state index contributed by atoms with van der Waals surface area (Å²) >= 11 is 0. The average Bonchev–Trinajstić information content (AvgIpc) is 2.84. The number of carbonyl (C=O) groups is 1. The second-order valence-corrected chi connectivity index (χ2v) is 3.48. The molecule has 1 aliphatic heterocycles. The molecule has 1 unspecified atom stereocenters. The van der Waals surface area contributed by atoms with Crippen LogP contribution in [-0.2, 0) is 4.74 Å². The fourth-order valence-electron chi connectivity index (χ4n) is 1.44. The van der Waals surface area contributed by atoms with Crippen LogP contribution >= 0.6 is 0 Å². The van der Waals surface area contributed by atoms with Crippen LogP contribution in [0.5, 0.6) is 0 Å². The maximum absolute atomic E-state index is 11.5. The number of nitrogens with one attached hydrogen (secondary N) is 2. The quantitative estimate of drug-likeness (QED) is 0.604. The summed E-state index contributed by atoms with van der Waals surface area (Å²) in [6.45, 7) is 2.08. The van der Waals surface area contributed by atoms with Gasteiger partial charge in [-0.1, -0.05) is 0 Å². The summed E-state index contributed by atoms with van der Waals surface area (Å²) in [4.78, 5) is 15.2. The molecule has 1 saturated heterocycles. The Balaban J connectivity index is 1.81. The van der Waals surface area contributed by atoms with Gasteiger partial charge in [-0.2, -0.15) is 4.98 Å². The average molecular weight is 211 g/mol. The number of hydrogen-bond donors (Lipinski definition) is 3. The van der Waals surface area contributed by atoms with Crippen molar-refractivity contribution in [3.63, 3.8) is 0 Å². The molecule has 0 aliphatic carbocycles. The van der Waals surface area contributed by atoms with Gasteiger partial charge < -0.3 is 15.8 Å². The molecule has 4 N–H and O–H groups in total. The van der Waals surface area contributed by atoms with E-state index in [1.807, 2.05) is 0 Å². The number of amides is 1. The van der Waals surface area contributed by atoms with Gasteiger partial charge in [0.2, 0.25) is 11.8 Å². The molecule has 7 nitrogen and oxygen atoms in total. The van der Waals surface area contributed by atoms with E-state index in [1.54, 1.807) is 0 Å². The van der Waals surface area contributed by atoms with Gasteiger partial charge >= 0.3 is 0 Å². The zero-order chi connectivity index (χ0) is 10.7. The Hall–Kier alpha value is -1.63. The van der Waals surface area contributed by atoms with Gasteiger partial charge in [0, 0.05) is 19.1 Å². The number of nitrogens with two attached hydrogens (primary N) is 1. The molecule has 0 spiro atoms. The molecule has 1 aromatic rings. The lowest BCUT2D eigenvalue weighted by atomic mass is 10.1. The number of carbonyl (C=O) groups excluding carboxylic acids is 1. The van der Waals surface area contributed by atoms with E-state index in [2.05, 4.69) is 20.5 Å². The molecular weight excluding hydrogens is 198 g/mol. The van der Waals surface area contributed by atoms with E-state index in [-0.39, 0.29) is 17.7 Å². The van der Waals surface area contributed by atoms with Crippen LogP contribution in [0, 0.1) is 5.92 Å². The van der Waals surface area contributed by atoms with Crippen LogP contribution < -0.4 is 11.1 Å². The van der Waals surface area contributed by atoms with E-state index >= 15 is 0 Å². The lowest BCUT2D eigenvalue weighted by Gasteiger charge is -2.07. The van der Waals surface area contributed by atoms with E-state index < -0.39 is 0 Å². The summed E-state index contributed by atoms with van der Waals surface area (Å²) in [6, 6.07) is 0. The number of aromatic nitrogens is 3. The smallest absolute Gasteiger partial charge is 0.288 e. The fraction of sp³-hybridized carbons (Fsp3) is 0.625. The first-order valence-corrected chi connectivity index (χ1v) is 4.79. The number of aromatic amines is 1. The van der Waals surface area contributed by atoms with Gasteiger partial charge in [0.25, 0.3) is 5.91 Å². The van der Waals surface area contributed by atoms with Crippen LogP contribution in [0.4, 0.5) is 5.95 Å². The van der Waals surface area contributed by atoms with Crippen LogP contribution in [0.15, 0.2) is 0 Å². The van der Waals surface area contributed by atoms with E-state index in [0.717, 1.165) is 13.0 Å². The third kappa shape index (κ3) is 2.44. The number of rotatable bonds is 3. The summed E-state index contributed by atoms with van der Waals surface area (Å²) in [5.41, 5.74) is 5.28. The van der Waals surface area contributed by atoms with Gasteiger partial charge in [0.15, 0.2) is 0 Å². The molecule has 15 heavy (non-hydrogen) atoms. The Kier molecular flexibility index (Phi) is 2.82. The van der Waals surface area contributed by atoms with Crippen molar-refractivity contribution in [1.29, 1.82) is 0 Å². The minimum atomic E-state index is -0.286. The first-order chi connectivity index (χ1) is 7.25. The number of ether oxygens (including phenoxy) is 1. The molecule has 0 radical (unpaired) electrons. The molecule has 0 aromatic carbocycles. The van der Waals surface area contributed by atoms with Gasteiger partial charge in [-0.3, -0.25) is 9.89 Å². The lowest BCUT2D eigenvalue weighted by Crippen LogP contribution is -2.30. The Labute approximate surface area is 86.4 Å². The monoisotopic (exact) mass is 211 g/mol. The van der Waals surface area contributed by atoms with Gasteiger partial charge in [-0.25, -0.2) is 0 Å². The first-order valence-electron chi connectivity index (χ1n) is 4.79. The highest BCUT2D eigenvalue weighted by atomic mass is 16.5. The van der Waals surface area contributed by atoms with Gasteiger partial charge in [-0.05, 0) is 6.42 Å². The molecule has 1 aromatic heterocycles. The van der Waals surface area contributed by atoms with Crippen LogP contribution in [0.25, 0.3) is 0 Å². The summed E-state index contributed by atoms with van der Waals surface area (Å²) in [5.74, 6) is 0.330. The Morgan fingerprint density at radius 3 is 3.20 bits per heavy atom. The molecule has 0 bridgehead atoms. The van der Waals surface area contributed by atoms with Crippen LogP contribution in [0.3, 0.4) is 0 Å². The first kappa shape index (κ1) is 9.91. The van der Waals surface area contributed by atoms with Gasteiger partial charge in [-0.15, -0.1) is 5.10 Å². The molecule has 2 heterocycles. The van der Waals surface area contributed by atoms with E-state index in [4.69, 9.17) is 10.5 Å². The van der Waals surface area contributed by atoms with Crippen LogP contribution in [0.1, 0.15) is 17.0 Å². The topological polar surface area (TPSA) is 106 Å². The molecule has 1 amide bonds. The van der Waals surface area contributed by atoms with Crippen LogP contribution in [-0.4, -0.2) is 40.8 Å². The highest BCUT2D eigenvalue weighted by Gasteiger charge is 2.17. The van der Waals surface area contributed by atoms with Gasteiger partial charge in [0.1, 0.15) is 0 Å². The molecule has 0 saturated carbocycles. The summed E-state index contributed by atoms with van der Waals surface area (Å²) in [5, 5.41) is 8.77. The van der Waals surface area contributed by atoms with E-state index in [9.17, 15) is 4.79 Å². The second kappa shape index (κ2) is 4.26. The Morgan fingerprint density at radius 2 is 2.60 bits per heavy atom. The standard InChI is InChI=1S/C8H13N5O2/c9-8-11-6(12-13-8)7(14)10-3-5-1-2-15-4-5/h5H,1-4H2,(H,10,14)(H3,9,11,12,13).